The largest absolute Gasteiger partial charge is 0.503 e. The Hall–Kier alpha value is -2.86. The van der Waals surface area contributed by atoms with Crippen molar-refractivity contribution in [2.24, 2.45) is 0 Å². The number of carbonyl (C=O) groups is 2. The van der Waals surface area contributed by atoms with Crippen molar-refractivity contribution >= 4 is 11.7 Å². The van der Waals surface area contributed by atoms with E-state index >= 15 is 0 Å². The fourth-order valence-corrected chi connectivity index (χ4v) is 3.67. The van der Waals surface area contributed by atoms with Crippen molar-refractivity contribution in [3.05, 3.63) is 70.9 Å². The van der Waals surface area contributed by atoms with Crippen molar-refractivity contribution < 1.29 is 24.0 Å². The summed E-state index contributed by atoms with van der Waals surface area (Å²) in [6.45, 7) is 5.56. The first kappa shape index (κ1) is 20.9. The van der Waals surface area contributed by atoms with Crippen LogP contribution >= 0.6 is 0 Å². The summed E-state index contributed by atoms with van der Waals surface area (Å²) in [5.41, 5.74) is 2.06. The molecule has 2 aromatic rings. The predicted octanol–water partition coefficient (Wildman–Crippen LogP) is 2.52. The van der Waals surface area contributed by atoms with E-state index in [4.69, 9.17) is 4.42 Å². The fourth-order valence-electron chi connectivity index (χ4n) is 3.67. The minimum Gasteiger partial charge on any atom is -0.503 e. The summed E-state index contributed by atoms with van der Waals surface area (Å²) in [4.78, 5) is 28.8. The van der Waals surface area contributed by atoms with Gasteiger partial charge >= 0.3 is 0 Å². The first-order valence-corrected chi connectivity index (χ1v) is 10.0. The molecule has 0 radical (unpaired) electrons. The van der Waals surface area contributed by atoms with Crippen LogP contribution in [0.3, 0.4) is 0 Å². The summed E-state index contributed by atoms with van der Waals surface area (Å²) in [5, 5.41) is 10.6. The summed E-state index contributed by atoms with van der Waals surface area (Å²) in [5.74, 6) is -0.961. The Kier molecular flexibility index (Phi) is 6.23. The first-order chi connectivity index (χ1) is 13.8. The summed E-state index contributed by atoms with van der Waals surface area (Å²) in [6.07, 6.45) is 2.18. The fraction of sp³-hybridized carbons (Fsp3) is 0.391. The maximum atomic E-state index is 13.1. The minimum absolute atomic E-state index is 0.0828. The molecule has 1 aliphatic rings. The molecular weight excluding hydrogens is 368 g/mol. The molecule has 2 N–H and O–H groups in total. The Balaban J connectivity index is 1.99. The van der Waals surface area contributed by atoms with E-state index in [2.05, 4.69) is 27.9 Å². The second-order valence-corrected chi connectivity index (χ2v) is 8.10. The van der Waals surface area contributed by atoms with Crippen molar-refractivity contribution in [3.63, 3.8) is 0 Å². The summed E-state index contributed by atoms with van der Waals surface area (Å²) >= 11 is 0. The van der Waals surface area contributed by atoms with Gasteiger partial charge in [0.05, 0.1) is 38.5 Å². The molecule has 0 unspecified atom stereocenters. The standard InChI is InChI=1S/C23H28N2O4/c1-15(2)16-8-10-17(11-9-16)20-19(21(26)18-7-5-14-29-18)22(27)23(28)25(20)13-6-12-24(3)4/h5,7-11,14-15,20,27H,6,12-13H2,1-4H3/p+1/t20-/m1/s1. The Morgan fingerprint density at radius 2 is 1.90 bits per heavy atom. The number of aliphatic hydroxyl groups is 1. The number of ketones is 1. The van der Waals surface area contributed by atoms with Gasteiger partial charge in [-0.05, 0) is 29.2 Å². The van der Waals surface area contributed by atoms with Crippen LogP contribution in [-0.2, 0) is 4.79 Å². The Morgan fingerprint density at radius 1 is 1.21 bits per heavy atom. The van der Waals surface area contributed by atoms with Gasteiger partial charge < -0.3 is 19.3 Å². The van der Waals surface area contributed by atoms with Crippen LogP contribution in [0.25, 0.3) is 0 Å². The van der Waals surface area contributed by atoms with Crippen molar-refractivity contribution in [1.82, 2.24) is 4.90 Å². The second-order valence-electron chi connectivity index (χ2n) is 8.10. The molecule has 29 heavy (non-hydrogen) atoms. The maximum Gasteiger partial charge on any atom is 0.290 e. The number of Topliss-reactive ketones (excluding diaryl/α,β-unsaturated/α-hetero) is 1. The molecule has 1 amide bonds. The number of quaternary nitrogens is 1. The van der Waals surface area contributed by atoms with Crippen molar-refractivity contribution in [3.8, 4) is 0 Å². The third-order valence-electron chi connectivity index (χ3n) is 5.29. The molecule has 1 atom stereocenters. The lowest BCUT2D eigenvalue weighted by Gasteiger charge is -2.27. The molecule has 1 aliphatic heterocycles. The number of hydrogen-bond acceptors (Lipinski definition) is 4. The molecule has 0 aliphatic carbocycles. The zero-order valence-corrected chi connectivity index (χ0v) is 17.4. The van der Waals surface area contributed by atoms with Crippen LogP contribution in [0.2, 0.25) is 0 Å². The quantitative estimate of drug-likeness (QED) is 0.671. The predicted molar refractivity (Wildman–Crippen MR) is 110 cm³/mol. The number of rotatable bonds is 8. The molecule has 1 aromatic carbocycles. The number of furan rings is 1. The average molecular weight is 397 g/mol. The van der Waals surface area contributed by atoms with Crippen molar-refractivity contribution in [2.75, 3.05) is 27.2 Å². The minimum atomic E-state index is -0.626. The molecule has 0 spiro atoms. The number of aliphatic hydroxyl groups excluding tert-OH is 1. The number of nitrogens with zero attached hydrogens (tertiary/aromatic N) is 1. The van der Waals surface area contributed by atoms with E-state index in [1.807, 2.05) is 24.3 Å². The average Bonchev–Trinajstić information content (AvgIpc) is 3.30. The van der Waals surface area contributed by atoms with Crippen LogP contribution in [0, 0.1) is 0 Å². The smallest absolute Gasteiger partial charge is 0.290 e. The van der Waals surface area contributed by atoms with E-state index < -0.39 is 23.5 Å². The SMILES string of the molecule is CC(C)c1ccc([C@@H]2C(C(=O)c3ccco3)=C(O)C(=O)N2CCC[NH+](C)C)cc1. The third-order valence-corrected chi connectivity index (χ3v) is 5.29. The van der Waals surface area contributed by atoms with Gasteiger partial charge in [0, 0.05) is 13.0 Å². The van der Waals surface area contributed by atoms with E-state index in [1.54, 1.807) is 17.0 Å². The molecule has 0 saturated carbocycles. The van der Waals surface area contributed by atoms with E-state index in [0.717, 1.165) is 18.5 Å². The third kappa shape index (κ3) is 4.27. The highest BCUT2D eigenvalue weighted by molar-refractivity contribution is 6.15. The Labute approximate surface area is 171 Å². The molecule has 0 fully saturated rings. The zero-order valence-electron chi connectivity index (χ0n) is 17.4. The van der Waals surface area contributed by atoms with Crippen LogP contribution in [0.4, 0.5) is 0 Å². The number of benzene rings is 1. The molecule has 1 aromatic heterocycles. The number of hydrogen-bond donors (Lipinski definition) is 2. The van der Waals surface area contributed by atoms with Crippen LogP contribution in [0.1, 0.15) is 53.9 Å². The highest BCUT2D eigenvalue weighted by Gasteiger charge is 2.44. The van der Waals surface area contributed by atoms with E-state index in [0.29, 0.717) is 12.5 Å². The lowest BCUT2D eigenvalue weighted by Crippen LogP contribution is -3.05. The molecule has 6 heteroatoms. The van der Waals surface area contributed by atoms with Crippen LogP contribution in [0.15, 0.2) is 58.4 Å². The zero-order chi connectivity index (χ0) is 21.1. The topological polar surface area (TPSA) is 75.2 Å². The van der Waals surface area contributed by atoms with Crippen LogP contribution in [-0.4, -0.2) is 48.9 Å². The summed E-state index contributed by atoms with van der Waals surface area (Å²) in [7, 11) is 4.10. The monoisotopic (exact) mass is 397 g/mol. The van der Waals surface area contributed by atoms with E-state index in [-0.39, 0.29) is 11.3 Å². The van der Waals surface area contributed by atoms with Crippen LogP contribution in [0.5, 0.6) is 0 Å². The molecule has 0 saturated heterocycles. The van der Waals surface area contributed by atoms with Crippen molar-refractivity contribution in [1.29, 1.82) is 0 Å². The second kappa shape index (κ2) is 8.66. The number of amides is 1. The summed E-state index contributed by atoms with van der Waals surface area (Å²) in [6, 6.07) is 10.4. The molecule has 2 heterocycles. The highest BCUT2D eigenvalue weighted by atomic mass is 16.3. The van der Waals surface area contributed by atoms with Gasteiger partial charge in [0.2, 0.25) is 5.78 Å². The van der Waals surface area contributed by atoms with Gasteiger partial charge in [-0.25, -0.2) is 0 Å². The van der Waals surface area contributed by atoms with Gasteiger partial charge in [-0.3, -0.25) is 9.59 Å². The van der Waals surface area contributed by atoms with Gasteiger partial charge in [0.15, 0.2) is 11.5 Å². The molecule has 154 valence electrons. The van der Waals surface area contributed by atoms with Gasteiger partial charge in [-0.1, -0.05) is 38.1 Å². The van der Waals surface area contributed by atoms with Gasteiger partial charge in [-0.2, -0.15) is 0 Å². The lowest BCUT2D eigenvalue weighted by molar-refractivity contribution is -0.858. The Morgan fingerprint density at radius 3 is 2.45 bits per heavy atom. The molecular formula is C23H29N2O4+. The molecule has 6 nitrogen and oxygen atoms in total. The first-order valence-electron chi connectivity index (χ1n) is 10.0. The number of nitrogens with one attached hydrogen (secondary N) is 1. The Bertz CT molecular complexity index is 895. The molecule has 3 rings (SSSR count). The maximum absolute atomic E-state index is 13.1. The van der Waals surface area contributed by atoms with Gasteiger partial charge in [0.1, 0.15) is 0 Å². The highest BCUT2D eigenvalue weighted by Crippen LogP contribution is 2.39. The number of carbonyl (C=O) groups excluding carboxylic acids is 2. The van der Waals surface area contributed by atoms with E-state index in [1.165, 1.54) is 16.7 Å². The summed E-state index contributed by atoms with van der Waals surface area (Å²) < 4.78 is 5.25. The lowest BCUT2D eigenvalue weighted by atomic mass is 9.93. The molecule has 0 bridgehead atoms. The van der Waals surface area contributed by atoms with E-state index in [9.17, 15) is 14.7 Å². The van der Waals surface area contributed by atoms with Gasteiger partial charge in [-0.15, -0.1) is 0 Å². The van der Waals surface area contributed by atoms with Crippen LogP contribution < -0.4 is 4.90 Å². The van der Waals surface area contributed by atoms with Crippen molar-refractivity contribution in [2.45, 2.75) is 32.2 Å². The van der Waals surface area contributed by atoms with Gasteiger partial charge in [0.25, 0.3) is 5.91 Å². The normalized spacial score (nSPS) is 17.1.